The molecule has 124 valence electrons. The van der Waals surface area contributed by atoms with Gasteiger partial charge in [-0.1, -0.05) is 11.6 Å². The Bertz CT molecular complexity index is 684. The van der Waals surface area contributed by atoms with Crippen LogP contribution in [0.3, 0.4) is 0 Å². The first-order valence-corrected chi connectivity index (χ1v) is 7.13. The van der Waals surface area contributed by atoms with Gasteiger partial charge in [0.1, 0.15) is 17.2 Å². The first-order chi connectivity index (χ1) is 10.8. The van der Waals surface area contributed by atoms with Crippen molar-refractivity contribution in [3.05, 3.63) is 46.8 Å². The van der Waals surface area contributed by atoms with E-state index in [-0.39, 0.29) is 12.2 Å². The quantitative estimate of drug-likeness (QED) is 0.809. The third-order valence-electron chi connectivity index (χ3n) is 3.20. The van der Waals surface area contributed by atoms with Crippen molar-refractivity contribution < 1.29 is 23.1 Å². The van der Waals surface area contributed by atoms with E-state index in [9.17, 15) is 18.0 Å². The molecule has 2 aromatic heterocycles. The van der Waals surface area contributed by atoms with E-state index in [0.29, 0.717) is 30.1 Å². The van der Waals surface area contributed by atoms with Gasteiger partial charge in [0.25, 0.3) is 0 Å². The summed E-state index contributed by atoms with van der Waals surface area (Å²) in [5, 5.41) is 9.39. The third kappa shape index (κ3) is 4.44. The largest absolute Gasteiger partial charge is 0.477 e. The Morgan fingerprint density at radius 3 is 2.43 bits per heavy atom. The number of hydrogen-bond donors (Lipinski definition) is 1. The Morgan fingerprint density at radius 1 is 1.22 bits per heavy atom. The number of alkyl halides is 3. The van der Waals surface area contributed by atoms with Gasteiger partial charge >= 0.3 is 12.1 Å². The summed E-state index contributed by atoms with van der Waals surface area (Å²) in [5.41, 5.74) is -1.34. The van der Waals surface area contributed by atoms with Crippen molar-refractivity contribution >= 4 is 17.6 Å². The van der Waals surface area contributed by atoms with Crippen molar-refractivity contribution in [3.63, 3.8) is 0 Å². The minimum atomic E-state index is -4.59. The fourth-order valence-corrected chi connectivity index (χ4v) is 2.26. The van der Waals surface area contributed by atoms with E-state index in [2.05, 4.69) is 9.97 Å². The van der Waals surface area contributed by atoms with Gasteiger partial charge in [-0.15, -0.1) is 0 Å². The van der Waals surface area contributed by atoms with E-state index >= 15 is 0 Å². The molecule has 0 atom stereocenters. The second-order valence-corrected chi connectivity index (χ2v) is 5.27. The van der Waals surface area contributed by atoms with Crippen LogP contribution in [0.5, 0.6) is 0 Å². The van der Waals surface area contributed by atoms with E-state index in [1.54, 1.807) is 0 Å². The molecule has 0 aromatic carbocycles. The van der Waals surface area contributed by atoms with Crippen molar-refractivity contribution in [2.75, 3.05) is 0 Å². The molecule has 2 aromatic rings. The van der Waals surface area contributed by atoms with Gasteiger partial charge in [-0.3, -0.25) is 0 Å². The predicted molar refractivity (Wildman–Crippen MR) is 76.4 cm³/mol. The molecule has 0 aliphatic heterocycles. The molecule has 0 radical (unpaired) electrons. The first-order valence-electron chi connectivity index (χ1n) is 6.75. The van der Waals surface area contributed by atoms with Crippen LogP contribution in [0.4, 0.5) is 13.2 Å². The molecule has 0 fully saturated rings. The van der Waals surface area contributed by atoms with Crippen LogP contribution in [0.15, 0.2) is 24.5 Å². The Hall–Kier alpha value is -2.09. The number of halogens is 4. The third-order valence-corrected chi connectivity index (χ3v) is 3.39. The molecule has 0 saturated carbocycles. The van der Waals surface area contributed by atoms with Gasteiger partial charge in [-0.2, -0.15) is 13.2 Å². The van der Waals surface area contributed by atoms with Crippen LogP contribution in [-0.4, -0.2) is 25.6 Å². The van der Waals surface area contributed by atoms with Crippen LogP contribution < -0.4 is 0 Å². The Kier molecular flexibility index (Phi) is 5.25. The van der Waals surface area contributed by atoms with E-state index in [4.69, 9.17) is 16.7 Å². The van der Waals surface area contributed by atoms with Crippen LogP contribution in [0.2, 0.25) is 5.02 Å². The smallest absolute Gasteiger partial charge is 0.431 e. The number of rotatable bonds is 6. The van der Waals surface area contributed by atoms with Crippen molar-refractivity contribution in [3.8, 4) is 0 Å². The van der Waals surface area contributed by atoms with E-state index in [1.165, 1.54) is 12.4 Å². The molecular formula is C14H13ClF3N3O2. The zero-order valence-corrected chi connectivity index (χ0v) is 12.6. The summed E-state index contributed by atoms with van der Waals surface area (Å²) >= 11 is 5.66. The normalized spacial score (nSPS) is 11.7. The molecule has 0 bridgehead atoms. The molecule has 2 heterocycles. The number of nitrogens with zero attached hydrogens (tertiary/aromatic N) is 3. The number of carbonyl (C=O) groups is 1. The predicted octanol–water partition coefficient (Wildman–Crippen LogP) is 3.67. The fourth-order valence-electron chi connectivity index (χ4n) is 2.16. The summed E-state index contributed by atoms with van der Waals surface area (Å²) in [4.78, 5) is 19.0. The van der Waals surface area contributed by atoms with Crippen molar-refractivity contribution in [1.29, 1.82) is 0 Å². The van der Waals surface area contributed by atoms with E-state index in [1.807, 2.05) is 0 Å². The van der Waals surface area contributed by atoms with E-state index in [0.717, 1.165) is 16.7 Å². The lowest BCUT2D eigenvalue weighted by Crippen LogP contribution is -2.17. The Labute approximate surface area is 134 Å². The number of carboxylic acid groups (broad SMARTS) is 1. The first kappa shape index (κ1) is 17.3. The highest BCUT2D eigenvalue weighted by atomic mass is 35.5. The van der Waals surface area contributed by atoms with Gasteiger partial charge in [-0.05, 0) is 25.0 Å². The van der Waals surface area contributed by atoms with Gasteiger partial charge in [-0.25, -0.2) is 14.8 Å². The molecule has 23 heavy (non-hydrogen) atoms. The highest BCUT2D eigenvalue weighted by Crippen LogP contribution is 2.31. The van der Waals surface area contributed by atoms with Gasteiger partial charge in [0.15, 0.2) is 0 Å². The number of aryl methyl sites for hydroxylation is 1. The molecular weight excluding hydrogens is 335 g/mol. The van der Waals surface area contributed by atoms with Crippen molar-refractivity contribution in [1.82, 2.24) is 14.5 Å². The van der Waals surface area contributed by atoms with Gasteiger partial charge in [0, 0.05) is 25.4 Å². The van der Waals surface area contributed by atoms with Crippen molar-refractivity contribution in [2.24, 2.45) is 0 Å². The zero-order valence-electron chi connectivity index (χ0n) is 11.8. The second kappa shape index (κ2) is 6.99. The van der Waals surface area contributed by atoms with Gasteiger partial charge in [0.05, 0.1) is 5.02 Å². The molecule has 0 spiro atoms. The van der Waals surface area contributed by atoms with Crippen LogP contribution in [0.25, 0.3) is 0 Å². The minimum Gasteiger partial charge on any atom is -0.477 e. The average molecular weight is 348 g/mol. The average Bonchev–Trinajstić information content (AvgIpc) is 2.89. The molecule has 1 N–H and O–H groups in total. The highest BCUT2D eigenvalue weighted by Gasteiger charge is 2.35. The molecule has 0 aliphatic carbocycles. The Balaban J connectivity index is 2.00. The number of unbranched alkanes of at least 4 members (excludes halogenated alkanes) is 1. The van der Waals surface area contributed by atoms with Crippen LogP contribution in [0, 0.1) is 0 Å². The standard InChI is InChI=1S/C14H13ClF3N3O2/c15-9-7-19-12(20-8-9)3-1-2-6-21-10(13(22)23)4-5-11(21)14(16,17)18/h4-5,7-8H,1-3,6H2,(H,22,23). The lowest BCUT2D eigenvalue weighted by molar-refractivity contribution is -0.143. The highest BCUT2D eigenvalue weighted by molar-refractivity contribution is 6.30. The summed E-state index contributed by atoms with van der Waals surface area (Å²) in [6.07, 6.45) is -0.338. The topological polar surface area (TPSA) is 68.0 Å². The van der Waals surface area contributed by atoms with E-state index < -0.39 is 17.8 Å². The lowest BCUT2D eigenvalue weighted by atomic mass is 10.2. The number of aromatic nitrogens is 3. The Morgan fingerprint density at radius 2 is 1.87 bits per heavy atom. The number of aromatic carboxylic acids is 1. The van der Waals surface area contributed by atoms with Gasteiger partial charge in [0.2, 0.25) is 0 Å². The summed E-state index contributed by atoms with van der Waals surface area (Å²) in [5.74, 6) is -0.849. The number of carboxylic acids is 1. The second-order valence-electron chi connectivity index (χ2n) is 4.83. The molecule has 0 unspecified atom stereocenters. The van der Waals surface area contributed by atoms with Crippen LogP contribution >= 0.6 is 11.6 Å². The monoisotopic (exact) mass is 347 g/mol. The molecule has 5 nitrogen and oxygen atoms in total. The summed E-state index contributed by atoms with van der Waals surface area (Å²) in [7, 11) is 0. The van der Waals surface area contributed by atoms with Crippen LogP contribution in [0.1, 0.15) is 34.8 Å². The zero-order chi connectivity index (χ0) is 17.0. The molecule has 2 rings (SSSR count). The number of hydrogen-bond acceptors (Lipinski definition) is 3. The lowest BCUT2D eigenvalue weighted by Gasteiger charge is -2.13. The molecule has 0 amide bonds. The molecule has 0 aliphatic rings. The minimum absolute atomic E-state index is 0.0446. The fraction of sp³-hybridized carbons (Fsp3) is 0.357. The summed E-state index contributed by atoms with van der Waals surface area (Å²) < 4.78 is 39.5. The maximum Gasteiger partial charge on any atom is 0.431 e. The summed E-state index contributed by atoms with van der Waals surface area (Å²) in [6, 6.07) is 1.75. The van der Waals surface area contributed by atoms with Crippen LogP contribution in [-0.2, 0) is 19.1 Å². The van der Waals surface area contributed by atoms with Crippen molar-refractivity contribution in [2.45, 2.75) is 32.0 Å². The SMILES string of the molecule is O=C(O)c1ccc(C(F)(F)F)n1CCCCc1ncc(Cl)cn1. The van der Waals surface area contributed by atoms with Gasteiger partial charge < -0.3 is 9.67 Å². The summed E-state index contributed by atoms with van der Waals surface area (Å²) in [6.45, 7) is -0.0446. The molecule has 9 heteroatoms. The maximum absolute atomic E-state index is 12.9. The molecule has 0 saturated heterocycles. The maximum atomic E-state index is 12.9.